The smallest absolute Gasteiger partial charge is 0.207 e. The molecular formula is C11H20O3. The van der Waals surface area contributed by atoms with E-state index in [1.165, 1.54) is 0 Å². The van der Waals surface area contributed by atoms with Crippen LogP contribution in [0.3, 0.4) is 0 Å². The largest absolute Gasteiger partial charge is 0.312 e. The molecule has 0 saturated carbocycles. The molecule has 2 fully saturated rings. The molecule has 2 aliphatic heterocycles. The number of hydrogen-bond donors (Lipinski definition) is 0. The first-order valence-corrected chi connectivity index (χ1v) is 5.19. The Morgan fingerprint density at radius 3 is 2.00 bits per heavy atom. The van der Waals surface area contributed by atoms with Crippen molar-refractivity contribution in [1.29, 1.82) is 0 Å². The Morgan fingerprint density at radius 1 is 0.857 bits per heavy atom. The lowest BCUT2D eigenvalue weighted by atomic mass is 9.59. The molecule has 3 nitrogen and oxygen atoms in total. The van der Waals surface area contributed by atoms with E-state index in [1.807, 2.05) is 13.8 Å². The maximum atomic E-state index is 5.88. The second-order valence-electron chi connectivity index (χ2n) is 6.03. The van der Waals surface area contributed by atoms with E-state index < -0.39 is 11.6 Å². The molecule has 3 heteroatoms. The van der Waals surface area contributed by atoms with Crippen molar-refractivity contribution in [2.45, 2.75) is 59.5 Å². The maximum absolute atomic E-state index is 5.88. The van der Waals surface area contributed by atoms with Gasteiger partial charge in [-0.1, -0.05) is 27.7 Å². The van der Waals surface area contributed by atoms with Gasteiger partial charge in [0, 0.05) is 11.8 Å². The minimum Gasteiger partial charge on any atom is -0.312 e. The topological polar surface area (TPSA) is 27.7 Å². The number of fused-ring (bicyclic) bond motifs is 2. The van der Waals surface area contributed by atoms with Crippen molar-refractivity contribution in [2.75, 3.05) is 0 Å². The van der Waals surface area contributed by atoms with Crippen LogP contribution in [0.1, 0.15) is 48.0 Å². The average molecular weight is 200 g/mol. The molecule has 0 amide bonds. The van der Waals surface area contributed by atoms with E-state index in [2.05, 4.69) is 27.7 Å². The lowest BCUT2D eigenvalue weighted by Gasteiger charge is -2.53. The van der Waals surface area contributed by atoms with Gasteiger partial charge in [-0.25, -0.2) is 0 Å². The molecule has 2 unspecified atom stereocenters. The molecule has 2 rings (SSSR count). The van der Waals surface area contributed by atoms with Gasteiger partial charge < -0.3 is 4.74 Å². The number of hydrogen-bond acceptors (Lipinski definition) is 3. The van der Waals surface area contributed by atoms with Crippen LogP contribution in [0, 0.1) is 10.8 Å². The van der Waals surface area contributed by atoms with Crippen LogP contribution in [-0.2, 0) is 14.5 Å². The summed E-state index contributed by atoms with van der Waals surface area (Å²) in [5.41, 5.74) is 0.0568. The lowest BCUT2D eigenvalue weighted by Crippen LogP contribution is -2.58. The van der Waals surface area contributed by atoms with Gasteiger partial charge in [0.15, 0.2) is 0 Å². The summed E-state index contributed by atoms with van der Waals surface area (Å²) in [6, 6.07) is 0. The highest BCUT2D eigenvalue weighted by atomic mass is 17.3. The van der Waals surface area contributed by atoms with Crippen LogP contribution in [-0.4, -0.2) is 11.6 Å². The first-order valence-electron chi connectivity index (χ1n) is 5.19. The average Bonchev–Trinajstić information content (AvgIpc) is 2.23. The molecule has 0 spiro atoms. The molecular weight excluding hydrogens is 180 g/mol. The van der Waals surface area contributed by atoms with E-state index in [1.54, 1.807) is 0 Å². The SMILES string of the molecule is CC12CC(C)(C)C(C)(C)C(C)(OO1)O2. The Balaban J connectivity index is 2.46. The Bertz CT molecular complexity index is 272. The fourth-order valence-corrected chi connectivity index (χ4v) is 2.55. The van der Waals surface area contributed by atoms with E-state index in [0.29, 0.717) is 0 Å². The fraction of sp³-hybridized carbons (Fsp3) is 1.00. The van der Waals surface area contributed by atoms with E-state index in [-0.39, 0.29) is 10.8 Å². The van der Waals surface area contributed by atoms with Crippen molar-refractivity contribution < 1.29 is 14.5 Å². The zero-order valence-corrected chi connectivity index (χ0v) is 9.93. The summed E-state index contributed by atoms with van der Waals surface area (Å²) in [7, 11) is 0. The minimum absolute atomic E-state index is 0.0734. The Kier molecular flexibility index (Phi) is 1.74. The van der Waals surface area contributed by atoms with Crippen LogP contribution in [0.15, 0.2) is 0 Å². The van der Waals surface area contributed by atoms with E-state index >= 15 is 0 Å². The van der Waals surface area contributed by atoms with Crippen LogP contribution < -0.4 is 0 Å². The first-order chi connectivity index (χ1) is 6.12. The highest BCUT2D eigenvalue weighted by molar-refractivity contribution is 5.03. The zero-order chi connectivity index (χ0) is 10.8. The van der Waals surface area contributed by atoms with E-state index in [4.69, 9.17) is 14.5 Å². The quantitative estimate of drug-likeness (QED) is 0.563. The molecule has 0 aromatic rings. The van der Waals surface area contributed by atoms with Gasteiger partial charge in [-0.15, -0.1) is 0 Å². The second-order valence-corrected chi connectivity index (χ2v) is 6.03. The third-order valence-electron chi connectivity index (χ3n) is 4.38. The van der Waals surface area contributed by atoms with Gasteiger partial charge in [0.2, 0.25) is 11.6 Å². The van der Waals surface area contributed by atoms with Gasteiger partial charge in [0.05, 0.1) is 0 Å². The van der Waals surface area contributed by atoms with Crippen molar-refractivity contribution in [3.8, 4) is 0 Å². The normalized spacial score (nSPS) is 49.3. The standard InChI is InChI=1S/C11H20O3/c1-8(2)7-10(5)12-11(6,14-13-10)9(8,3)4/h7H2,1-6H3. The van der Waals surface area contributed by atoms with Gasteiger partial charge in [-0.2, -0.15) is 9.78 Å². The van der Waals surface area contributed by atoms with Crippen molar-refractivity contribution in [3.63, 3.8) is 0 Å². The molecule has 2 aliphatic rings. The second kappa shape index (κ2) is 2.34. The Labute approximate surface area is 85.6 Å². The summed E-state index contributed by atoms with van der Waals surface area (Å²) >= 11 is 0. The lowest BCUT2D eigenvalue weighted by molar-refractivity contribution is -0.355. The molecule has 82 valence electrons. The van der Waals surface area contributed by atoms with Crippen molar-refractivity contribution in [2.24, 2.45) is 10.8 Å². The zero-order valence-electron chi connectivity index (χ0n) is 9.93. The molecule has 0 N–H and O–H groups in total. The van der Waals surface area contributed by atoms with Crippen LogP contribution in [0.4, 0.5) is 0 Å². The van der Waals surface area contributed by atoms with Crippen LogP contribution >= 0.6 is 0 Å². The molecule has 0 aromatic carbocycles. The summed E-state index contributed by atoms with van der Waals surface area (Å²) in [5.74, 6) is -1.21. The Hall–Kier alpha value is -0.120. The third kappa shape index (κ3) is 1.03. The predicted octanol–water partition coefficient (Wildman–Crippen LogP) is 2.85. The molecule has 2 bridgehead atoms. The van der Waals surface area contributed by atoms with E-state index in [0.717, 1.165) is 6.42 Å². The van der Waals surface area contributed by atoms with Gasteiger partial charge in [0.1, 0.15) is 0 Å². The summed E-state index contributed by atoms with van der Waals surface area (Å²) in [5, 5.41) is 0. The maximum Gasteiger partial charge on any atom is 0.207 e. The highest BCUT2D eigenvalue weighted by Crippen LogP contribution is 2.61. The number of ether oxygens (including phenoxy) is 1. The van der Waals surface area contributed by atoms with Crippen molar-refractivity contribution in [1.82, 2.24) is 0 Å². The van der Waals surface area contributed by atoms with Crippen LogP contribution in [0.2, 0.25) is 0 Å². The molecule has 2 saturated heterocycles. The minimum atomic E-state index is -0.635. The summed E-state index contributed by atoms with van der Waals surface area (Å²) in [6.45, 7) is 12.7. The molecule has 0 aliphatic carbocycles. The summed E-state index contributed by atoms with van der Waals surface area (Å²) in [4.78, 5) is 10.7. The molecule has 14 heavy (non-hydrogen) atoms. The van der Waals surface area contributed by atoms with Crippen molar-refractivity contribution in [3.05, 3.63) is 0 Å². The third-order valence-corrected chi connectivity index (χ3v) is 4.38. The monoisotopic (exact) mass is 200 g/mol. The first kappa shape index (κ1) is 10.4. The Morgan fingerprint density at radius 2 is 1.43 bits per heavy atom. The molecule has 2 heterocycles. The summed E-state index contributed by atoms with van der Waals surface area (Å²) < 4.78 is 5.88. The van der Waals surface area contributed by atoms with Crippen LogP contribution in [0.5, 0.6) is 0 Å². The van der Waals surface area contributed by atoms with Gasteiger partial charge >= 0.3 is 0 Å². The fourth-order valence-electron chi connectivity index (χ4n) is 2.55. The van der Waals surface area contributed by atoms with Crippen LogP contribution in [0.25, 0.3) is 0 Å². The molecule has 2 atom stereocenters. The number of rotatable bonds is 0. The molecule has 0 aromatic heterocycles. The molecule has 0 radical (unpaired) electrons. The summed E-state index contributed by atoms with van der Waals surface area (Å²) in [6.07, 6.45) is 0.850. The van der Waals surface area contributed by atoms with Crippen molar-refractivity contribution >= 4 is 0 Å². The van der Waals surface area contributed by atoms with Gasteiger partial charge in [-0.05, 0) is 19.3 Å². The highest BCUT2D eigenvalue weighted by Gasteiger charge is 2.67. The van der Waals surface area contributed by atoms with Gasteiger partial charge in [-0.3, -0.25) is 0 Å². The van der Waals surface area contributed by atoms with E-state index in [9.17, 15) is 0 Å². The predicted molar refractivity (Wildman–Crippen MR) is 52.2 cm³/mol. The van der Waals surface area contributed by atoms with Gasteiger partial charge in [0.25, 0.3) is 0 Å².